The zero-order valence-electron chi connectivity index (χ0n) is 11.9. The van der Waals surface area contributed by atoms with Crippen LogP contribution in [0, 0.1) is 12.7 Å². The summed E-state index contributed by atoms with van der Waals surface area (Å²) < 4.78 is 19.2. The summed E-state index contributed by atoms with van der Waals surface area (Å²) in [6.07, 6.45) is 0.218. The van der Waals surface area contributed by atoms with Crippen LogP contribution in [0.1, 0.15) is 42.1 Å². The van der Waals surface area contributed by atoms with Crippen LogP contribution in [0.2, 0.25) is 5.02 Å². The summed E-state index contributed by atoms with van der Waals surface area (Å²) in [6, 6.07) is 7.89. The van der Waals surface area contributed by atoms with Crippen LogP contribution in [0.3, 0.4) is 0 Å². The average molecular weight is 307 g/mol. The van der Waals surface area contributed by atoms with Gasteiger partial charge >= 0.3 is 0 Å². The lowest BCUT2D eigenvalue weighted by molar-refractivity contribution is 0.174. The normalized spacial score (nSPS) is 20.4. The van der Waals surface area contributed by atoms with Crippen molar-refractivity contribution >= 4 is 11.6 Å². The highest BCUT2D eigenvalue weighted by atomic mass is 35.5. The van der Waals surface area contributed by atoms with Gasteiger partial charge in [0, 0.05) is 16.7 Å². The van der Waals surface area contributed by atoms with Crippen LogP contribution in [-0.2, 0) is 0 Å². The number of halogens is 2. The molecule has 0 heterocycles. The first-order valence-corrected chi connectivity index (χ1v) is 7.29. The third-order valence-corrected chi connectivity index (χ3v) is 4.15. The van der Waals surface area contributed by atoms with E-state index in [2.05, 4.69) is 6.92 Å². The smallest absolute Gasteiger partial charge is 0.131 e. The molecule has 1 aliphatic carbocycles. The molecule has 0 amide bonds. The van der Waals surface area contributed by atoms with Crippen LogP contribution in [0.4, 0.5) is 4.39 Å². The number of hydrogen-bond acceptors (Lipinski definition) is 2. The maximum atomic E-state index is 13.4. The average Bonchev–Trinajstić information content (AvgIpc) is 2.68. The highest BCUT2D eigenvalue weighted by Crippen LogP contribution is 2.47. The van der Waals surface area contributed by atoms with Crippen molar-refractivity contribution in [2.75, 3.05) is 0 Å². The molecule has 2 aromatic rings. The SMILES string of the molecule is Cc1ccc(Oc2cc(F)cc(Cl)c2)c2c1C(O)C[C@@H]2C. The molecule has 0 fully saturated rings. The van der Waals surface area contributed by atoms with Gasteiger partial charge in [0.15, 0.2) is 0 Å². The minimum Gasteiger partial charge on any atom is -0.457 e. The molecular formula is C17H16ClFO2. The predicted molar refractivity (Wildman–Crippen MR) is 80.7 cm³/mol. The van der Waals surface area contributed by atoms with E-state index in [0.29, 0.717) is 22.9 Å². The van der Waals surface area contributed by atoms with E-state index in [1.165, 1.54) is 12.1 Å². The van der Waals surface area contributed by atoms with Crippen molar-refractivity contribution in [3.05, 3.63) is 57.9 Å². The van der Waals surface area contributed by atoms with Crippen molar-refractivity contribution in [3.8, 4) is 11.5 Å². The number of fused-ring (bicyclic) bond motifs is 1. The van der Waals surface area contributed by atoms with E-state index in [0.717, 1.165) is 16.7 Å². The molecule has 2 nitrogen and oxygen atoms in total. The van der Waals surface area contributed by atoms with Gasteiger partial charge in [0.2, 0.25) is 0 Å². The molecule has 0 bridgehead atoms. The Morgan fingerprint density at radius 1 is 1.24 bits per heavy atom. The molecule has 0 saturated carbocycles. The molecule has 1 N–H and O–H groups in total. The minimum absolute atomic E-state index is 0.203. The lowest BCUT2D eigenvalue weighted by Crippen LogP contribution is -1.97. The number of aryl methyl sites for hydroxylation is 1. The van der Waals surface area contributed by atoms with Crippen LogP contribution < -0.4 is 4.74 Å². The Labute approximate surface area is 128 Å². The van der Waals surface area contributed by atoms with Crippen molar-refractivity contribution in [1.82, 2.24) is 0 Å². The van der Waals surface area contributed by atoms with Gasteiger partial charge in [0.05, 0.1) is 6.10 Å². The van der Waals surface area contributed by atoms with Crippen LogP contribution in [-0.4, -0.2) is 5.11 Å². The first-order chi connectivity index (χ1) is 9.95. The highest BCUT2D eigenvalue weighted by Gasteiger charge is 2.31. The van der Waals surface area contributed by atoms with Gasteiger partial charge in [-0.3, -0.25) is 0 Å². The third kappa shape index (κ3) is 2.63. The Bertz CT molecular complexity index is 679. The van der Waals surface area contributed by atoms with Gasteiger partial charge in [-0.1, -0.05) is 24.6 Å². The monoisotopic (exact) mass is 306 g/mol. The van der Waals surface area contributed by atoms with E-state index in [4.69, 9.17) is 16.3 Å². The van der Waals surface area contributed by atoms with Crippen LogP contribution in [0.15, 0.2) is 30.3 Å². The Hall–Kier alpha value is -1.58. The van der Waals surface area contributed by atoms with Crippen molar-refractivity contribution in [3.63, 3.8) is 0 Å². The summed E-state index contributed by atoms with van der Waals surface area (Å²) >= 11 is 5.85. The molecule has 1 unspecified atom stereocenters. The molecule has 2 atom stereocenters. The fourth-order valence-corrected chi connectivity index (χ4v) is 3.26. The molecule has 3 rings (SSSR count). The van der Waals surface area contributed by atoms with Crippen LogP contribution >= 0.6 is 11.6 Å². The molecule has 2 aromatic carbocycles. The Morgan fingerprint density at radius 2 is 2.00 bits per heavy atom. The molecule has 0 aliphatic heterocycles. The minimum atomic E-state index is -0.463. The van der Waals surface area contributed by atoms with Crippen molar-refractivity contribution in [2.45, 2.75) is 32.3 Å². The van der Waals surface area contributed by atoms with Crippen LogP contribution in [0.5, 0.6) is 11.5 Å². The molecule has 0 spiro atoms. The molecule has 0 radical (unpaired) electrons. The maximum absolute atomic E-state index is 13.4. The summed E-state index contributed by atoms with van der Waals surface area (Å²) in [5, 5.41) is 10.5. The fourth-order valence-electron chi connectivity index (χ4n) is 3.05. The van der Waals surface area contributed by atoms with E-state index >= 15 is 0 Å². The molecule has 1 aliphatic rings. The highest BCUT2D eigenvalue weighted by molar-refractivity contribution is 6.30. The summed E-state index contributed by atoms with van der Waals surface area (Å²) in [4.78, 5) is 0. The number of benzene rings is 2. The second kappa shape index (κ2) is 5.32. The molecular weight excluding hydrogens is 291 g/mol. The van der Waals surface area contributed by atoms with E-state index in [-0.39, 0.29) is 5.92 Å². The van der Waals surface area contributed by atoms with E-state index in [1.54, 1.807) is 6.07 Å². The van der Waals surface area contributed by atoms with Gasteiger partial charge in [0.1, 0.15) is 17.3 Å². The Kier molecular flexibility index (Phi) is 3.64. The van der Waals surface area contributed by atoms with Gasteiger partial charge in [-0.05, 0) is 48.6 Å². The van der Waals surface area contributed by atoms with Gasteiger partial charge in [-0.2, -0.15) is 0 Å². The Morgan fingerprint density at radius 3 is 2.71 bits per heavy atom. The quantitative estimate of drug-likeness (QED) is 0.834. The largest absolute Gasteiger partial charge is 0.457 e. The first-order valence-electron chi connectivity index (χ1n) is 6.91. The second-order valence-electron chi connectivity index (χ2n) is 5.57. The lowest BCUT2D eigenvalue weighted by Gasteiger charge is -2.15. The molecule has 4 heteroatoms. The summed E-state index contributed by atoms with van der Waals surface area (Å²) in [7, 11) is 0. The lowest BCUT2D eigenvalue weighted by atomic mass is 9.99. The second-order valence-corrected chi connectivity index (χ2v) is 6.00. The maximum Gasteiger partial charge on any atom is 0.131 e. The van der Waals surface area contributed by atoms with E-state index in [1.807, 2.05) is 19.1 Å². The van der Waals surface area contributed by atoms with Gasteiger partial charge in [0.25, 0.3) is 0 Å². The standard InChI is InChI=1S/C17H16ClFO2/c1-9-3-4-15(17-10(2)5-14(20)16(9)17)21-13-7-11(18)6-12(19)8-13/h3-4,6-8,10,14,20H,5H2,1-2H3/t10-,14?/m0/s1. The zero-order valence-corrected chi connectivity index (χ0v) is 12.6. The van der Waals surface area contributed by atoms with Crippen molar-refractivity contribution in [1.29, 1.82) is 0 Å². The number of ether oxygens (including phenoxy) is 1. The predicted octanol–water partition coefficient (Wildman–Crippen LogP) is 5.12. The van der Waals surface area contributed by atoms with E-state index in [9.17, 15) is 9.50 Å². The number of aliphatic hydroxyl groups excluding tert-OH is 1. The van der Waals surface area contributed by atoms with Crippen molar-refractivity contribution < 1.29 is 14.2 Å². The number of hydrogen-bond donors (Lipinski definition) is 1. The van der Waals surface area contributed by atoms with Crippen LogP contribution in [0.25, 0.3) is 0 Å². The first kappa shape index (κ1) is 14.4. The third-order valence-electron chi connectivity index (χ3n) is 3.93. The van der Waals surface area contributed by atoms with Gasteiger partial charge < -0.3 is 9.84 Å². The molecule has 0 aromatic heterocycles. The number of rotatable bonds is 2. The Balaban J connectivity index is 2.04. The summed E-state index contributed by atoms with van der Waals surface area (Å²) in [5.41, 5.74) is 2.98. The van der Waals surface area contributed by atoms with E-state index < -0.39 is 11.9 Å². The molecule has 0 saturated heterocycles. The topological polar surface area (TPSA) is 29.5 Å². The van der Waals surface area contributed by atoms with Gasteiger partial charge in [-0.15, -0.1) is 0 Å². The fraction of sp³-hybridized carbons (Fsp3) is 0.294. The summed E-state index contributed by atoms with van der Waals surface area (Å²) in [5.74, 6) is 0.782. The number of aliphatic hydroxyl groups is 1. The molecule has 110 valence electrons. The summed E-state index contributed by atoms with van der Waals surface area (Å²) in [6.45, 7) is 4.03. The zero-order chi connectivity index (χ0) is 15.1. The van der Waals surface area contributed by atoms with Crippen molar-refractivity contribution in [2.24, 2.45) is 0 Å². The van der Waals surface area contributed by atoms with Gasteiger partial charge in [-0.25, -0.2) is 4.39 Å². The molecule has 21 heavy (non-hydrogen) atoms.